The van der Waals surface area contributed by atoms with Crippen LogP contribution >= 0.6 is 11.8 Å². The Kier molecular flexibility index (Phi) is 6.42. The highest BCUT2D eigenvalue weighted by atomic mass is 32.2. The first-order chi connectivity index (χ1) is 14.4. The van der Waals surface area contributed by atoms with Crippen LogP contribution in [0.15, 0.2) is 58.7 Å². The number of hydrogen-bond acceptors (Lipinski definition) is 8. The highest BCUT2D eigenvalue weighted by Gasteiger charge is 2.40. The molecule has 1 aliphatic rings. The van der Waals surface area contributed by atoms with Gasteiger partial charge in [0.05, 0.1) is 23.9 Å². The number of nitrogens with zero attached hydrogens (tertiary/aromatic N) is 4. The number of benzene rings is 2. The normalized spacial score (nSPS) is 17.0. The number of methoxy groups -OCH3 is 1. The molecule has 2 aromatic rings. The van der Waals surface area contributed by atoms with Gasteiger partial charge < -0.3 is 10.5 Å². The van der Waals surface area contributed by atoms with Gasteiger partial charge >= 0.3 is 0 Å². The Balaban J connectivity index is 1.65. The van der Waals surface area contributed by atoms with E-state index in [-0.39, 0.29) is 23.2 Å². The summed E-state index contributed by atoms with van der Waals surface area (Å²) in [5.41, 5.74) is 6.67. The molecule has 0 saturated carbocycles. The minimum atomic E-state index is -0.712. The maximum Gasteiger partial charge on any atom is 0.270 e. The van der Waals surface area contributed by atoms with E-state index in [2.05, 4.69) is 10.2 Å². The number of nitro groups is 1. The number of non-ortho nitro benzene ring substituents is 1. The summed E-state index contributed by atoms with van der Waals surface area (Å²) < 4.78 is 5.08. The Morgan fingerprint density at radius 1 is 1.30 bits per heavy atom. The van der Waals surface area contributed by atoms with E-state index in [1.807, 2.05) is 0 Å². The Morgan fingerprint density at radius 2 is 2.03 bits per heavy atom. The van der Waals surface area contributed by atoms with E-state index in [4.69, 9.17) is 10.5 Å². The molecule has 1 fully saturated rings. The number of thioether (sulfide) groups is 1. The predicted molar refractivity (Wildman–Crippen MR) is 114 cm³/mol. The summed E-state index contributed by atoms with van der Waals surface area (Å²) in [7, 11) is 1.53. The number of nitro benzene ring substituents is 1. The highest BCUT2D eigenvalue weighted by Crippen LogP contribution is 2.30. The van der Waals surface area contributed by atoms with Gasteiger partial charge in [0.1, 0.15) is 11.0 Å². The third kappa shape index (κ3) is 4.81. The number of amidine groups is 1. The first-order valence-corrected chi connectivity index (χ1v) is 9.55. The first-order valence-electron chi connectivity index (χ1n) is 8.67. The topological polar surface area (TPSA) is 140 Å². The molecule has 0 aliphatic carbocycles. The second kappa shape index (κ2) is 9.18. The highest BCUT2D eigenvalue weighted by molar-refractivity contribution is 8.14. The number of ether oxygens (including phenoxy) is 1. The van der Waals surface area contributed by atoms with Crippen LogP contribution in [-0.2, 0) is 9.59 Å². The second-order valence-corrected chi connectivity index (χ2v) is 7.33. The lowest BCUT2D eigenvalue weighted by Gasteiger charge is -2.15. The molecule has 2 aromatic carbocycles. The number of amides is 2. The lowest BCUT2D eigenvalue weighted by Crippen LogP contribution is -2.31. The molecule has 0 aromatic heterocycles. The first kappa shape index (κ1) is 21.0. The lowest BCUT2D eigenvalue weighted by atomic mass is 10.2. The van der Waals surface area contributed by atoms with Crippen molar-refractivity contribution in [2.75, 3.05) is 12.0 Å². The zero-order chi connectivity index (χ0) is 21.7. The summed E-state index contributed by atoms with van der Waals surface area (Å²) >= 11 is 0.937. The Bertz CT molecular complexity index is 1040. The SMILES string of the molecule is COc1ccc(N2C(=O)CC(SC(N)=NN=Cc3cccc([N+](=O)[O-])c3)C2=O)cc1. The van der Waals surface area contributed by atoms with Crippen LogP contribution in [0.3, 0.4) is 0 Å². The maximum atomic E-state index is 12.6. The molecule has 3 rings (SSSR count). The summed E-state index contributed by atoms with van der Waals surface area (Å²) in [6.45, 7) is 0. The Morgan fingerprint density at radius 3 is 2.70 bits per heavy atom. The van der Waals surface area contributed by atoms with Gasteiger partial charge in [0.15, 0.2) is 5.17 Å². The van der Waals surface area contributed by atoms with Crippen LogP contribution in [0.2, 0.25) is 0 Å². The van der Waals surface area contributed by atoms with Crippen molar-refractivity contribution in [2.45, 2.75) is 11.7 Å². The standard InChI is InChI=1S/C19H17N5O5S/c1-29-15-7-5-13(6-8-15)23-17(25)10-16(18(23)26)30-19(20)22-21-11-12-3-2-4-14(9-12)24(27)28/h2-9,11,16H,10H2,1H3,(H2,20,22). The number of hydrogen-bond donors (Lipinski definition) is 1. The maximum absolute atomic E-state index is 12.6. The van der Waals surface area contributed by atoms with Crippen LogP contribution < -0.4 is 15.4 Å². The van der Waals surface area contributed by atoms with E-state index < -0.39 is 16.1 Å². The molecule has 0 spiro atoms. The van der Waals surface area contributed by atoms with Crippen molar-refractivity contribution < 1.29 is 19.2 Å². The summed E-state index contributed by atoms with van der Waals surface area (Å²) in [4.78, 5) is 36.3. The van der Waals surface area contributed by atoms with Crippen LogP contribution in [0, 0.1) is 10.1 Å². The van der Waals surface area contributed by atoms with Crippen molar-refractivity contribution in [3.8, 4) is 5.75 Å². The molecule has 154 valence electrons. The van der Waals surface area contributed by atoms with Gasteiger partial charge in [-0.05, 0) is 24.3 Å². The minimum absolute atomic E-state index is 0.000545. The van der Waals surface area contributed by atoms with Gasteiger partial charge in [-0.2, -0.15) is 5.10 Å². The zero-order valence-electron chi connectivity index (χ0n) is 15.8. The molecule has 1 heterocycles. The fraction of sp³-hybridized carbons (Fsp3) is 0.158. The number of imide groups is 1. The fourth-order valence-electron chi connectivity index (χ4n) is 2.74. The number of nitrogens with two attached hydrogens (primary N) is 1. The second-order valence-electron chi connectivity index (χ2n) is 6.11. The molecule has 30 heavy (non-hydrogen) atoms. The van der Waals surface area contributed by atoms with E-state index in [9.17, 15) is 19.7 Å². The average molecular weight is 427 g/mol. The van der Waals surface area contributed by atoms with Crippen molar-refractivity contribution in [2.24, 2.45) is 15.9 Å². The van der Waals surface area contributed by atoms with Crippen molar-refractivity contribution in [1.29, 1.82) is 0 Å². The van der Waals surface area contributed by atoms with Gasteiger partial charge in [-0.25, -0.2) is 4.90 Å². The van der Waals surface area contributed by atoms with Crippen LogP contribution in [-0.4, -0.2) is 40.5 Å². The molecule has 1 atom stereocenters. The molecule has 0 bridgehead atoms. The van der Waals surface area contributed by atoms with Gasteiger partial charge in [0.2, 0.25) is 11.8 Å². The summed E-state index contributed by atoms with van der Waals surface area (Å²) in [6, 6.07) is 12.4. The third-order valence-electron chi connectivity index (χ3n) is 4.14. The van der Waals surface area contributed by atoms with Crippen LogP contribution in [0.4, 0.5) is 11.4 Å². The van der Waals surface area contributed by atoms with E-state index in [1.165, 1.54) is 31.5 Å². The molecule has 11 heteroatoms. The van der Waals surface area contributed by atoms with E-state index >= 15 is 0 Å². The number of carbonyl (C=O) groups excluding carboxylic acids is 2. The van der Waals surface area contributed by atoms with Crippen LogP contribution in [0.5, 0.6) is 5.75 Å². The van der Waals surface area contributed by atoms with E-state index in [0.29, 0.717) is 17.0 Å². The predicted octanol–water partition coefficient (Wildman–Crippen LogP) is 2.32. The summed E-state index contributed by atoms with van der Waals surface area (Å²) in [5.74, 6) is -0.117. The largest absolute Gasteiger partial charge is 0.497 e. The van der Waals surface area contributed by atoms with E-state index in [0.717, 1.165) is 16.7 Å². The van der Waals surface area contributed by atoms with Crippen molar-refractivity contribution in [1.82, 2.24) is 0 Å². The molecule has 0 radical (unpaired) electrons. The number of carbonyl (C=O) groups is 2. The van der Waals surface area contributed by atoms with Gasteiger partial charge in [-0.1, -0.05) is 23.9 Å². The van der Waals surface area contributed by atoms with Crippen molar-refractivity contribution in [3.63, 3.8) is 0 Å². The Labute approximate surface area is 175 Å². The average Bonchev–Trinajstić information content (AvgIpc) is 3.01. The molecule has 1 saturated heterocycles. The smallest absolute Gasteiger partial charge is 0.270 e. The minimum Gasteiger partial charge on any atom is -0.497 e. The van der Waals surface area contributed by atoms with E-state index in [1.54, 1.807) is 30.3 Å². The van der Waals surface area contributed by atoms with Gasteiger partial charge in [0, 0.05) is 24.1 Å². The molecule has 2 N–H and O–H groups in total. The Hall–Kier alpha value is -3.73. The lowest BCUT2D eigenvalue weighted by molar-refractivity contribution is -0.384. The van der Waals surface area contributed by atoms with Crippen LogP contribution in [0.1, 0.15) is 12.0 Å². The zero-order valence-corrected chi connectivity index (χ0v) is 16.6. The van der Waals surface area contributed by atoms with Gasteiger partial charge in [-0.3, -0.25) is 19.7 Å². The monoisotopic (exact) mass is 427 g/mol. The molecule has 1 unspecified atom stereocenters. The number of anilines is 1. The van der Waals surface area contributed by atoms with Crippen molar-refractivity contribution >= 4 is 46.3 Å². The fourth-order valence-corrected chi connectivity index (χ4v) is 3.56. The molecular weight excluding hydrogens is 410 g/mol. The summed E-state index contributed by atoms with van der Waals surface area (Å²) in [5, 5.41) is 17.7. The van der Waals surface area contributed by atoms with Gasteiger partial charge in [-0.15, -0.1) is 5.10 Å². The third-order valence-corrected chi connectivity index (χ3v) is 5.12. The summed E-state index contributed by atoms with van der Waals surface area (Å²) in [6.07, 6.45) is 1.30. The quantitative estimate of drug-likeness (QED) is 0.245. The molecule has 10 nitrogen and oxygen atoms in total. The molecule has 1 aliphatic heterocycles. The van der Waals surface area contributed by atoms with Gasteiger partial charge in [0.25, 0.3) is 5.69 Å². The molecular formula is C19H17N5O5S. The van der Waals surface area contributed by atoms with Crippen molar-refractivity contribution in [3.05, 3.63) is 64.2 Å². The molecule has 2 amide bonds. The van der Waals surface area contributed by atoms with Crippen LogP contribution in [0.25, 0.3) is 0 Å². The number of rotatable bonds is 6.